The lowest BCUT2D eigenvalue weighted by molar-refractivity contribution is -0.192. The SMILES string of the molecule is CSc1ncccc1C(=O)Nc1ccc(OCCN)c(-c2c(Cl)cnn2C)c1.O=C(O)C(F)(F)F. The summed E-state index contributed by atoms with van der Waals surface area (Å²) in [6, 6.07) is 8.84. The second kappa shape index (κ2) is 12.4. The van der Waals surface area contributed by atoms with Crippen LogP contribution in [0.3, 0.4) is 0 Å². The van der Waals surface area contributed by atoms with Gasteiger partial charge in [-0.25, -0.2) is 9.78 Å². The van der Waals surface area contributed by atoms with Gasteiger partial charge in [0.25, 0.3) is 5.91 Å². The Morgan fingerprint density at radius 1 is 1.31 bits per heavy atom. The predicted molar refractivity (Wildman–Crippen MR) is 126 cm³/mol. The molecule has 0 aliphatic heterocycles. The number of aryl methyl sites for hydroxylation is 1. The minimum absolute atomic E-state index is 0.241. The first kappa shape index (κ1) is 28.0. The number of hydrogen-bond donors (Lipinski definition) is 3. The Labute approximate surface area is 207 Å². The van der Waals surface area contributed by atoms with Gasteiger partial charge in [0.15, 0.2) is 0 Å². The lowest BCUT2D eigenvalue weighted by Gasteiger charge is -2.14. The quantitative estimate of drug-likeness (QED) is 0.388. The Kier molecular flexibility index (Phi) is 9.92. The van der Waals surface area contributed by atoms with Gasteiger partial charge >= 0.3 is 12.1 Å². The monoisotopic (exact) mass is 531 g/mol. The Balaban J connectivity index is 0.000000540. The molecular formula is C21H21ClF3N5O4S. The largest absolute Gasteiger partial charge is 0.492 e. The van der Waals surface area contributed by atoms with Gasteiger partial charge in [-0.2, -0.15) is 18.3 Å². The molecule has 3 rings (SSSR count). The van der Waals surface area contributed by atoms with Crippen molar-refractivity contribution in [1.29, 1.82) is 0 Å². The maximum Gasteiger partial charge on any atom is 0.490 e. The van der Waals surface area contributed by atoms with E-state index in [0.717, 1.165) is 0 Å². The number of ether oxygens (including phenoxy) is 1. The Hall–Kier alpha value is -3.29. The molecule has 0 aliphatic rings. The fourth-order valence-corrected chi connectivity index (χ4v) is 3.54. The van der Waals surface area contributed by atoms with Crippen LogP contribution in [0.4, 0.5) is 18.9 Å². The van der Waals surface area contributed by atoms with Crippen molar-refractivity contribution in [2.24, 2.45) is 12.8 Å². The van der Waals surface area contributed by atoms with Crippen LogP contribution < -0.4 is 15.8 Å². The van der Waals surface area contributed by atoms with Gasteiger partial charge in [-0.3, -0.25) is 9.48 Å². The van der Waals surface area contributed by atoms with E-state index in [4.69, 9.17) is 32.0 Å². The maximum atomic E-state index is 12.7. The molecule has 1 aromatic carbocycles. The summed E-state index contributed by atoms with van der Waals surface area (Å²) in [6.45, 7) is 0.746. The summed E-state index contributed by atoms with van der Waals surface area (Å²) in [5.41, 5.74) is 8.08. The summed E-state index contributed by atoms with van der Waals surface area (Å²) in [5.74, 6) is -2.39. The number of carboxylic acid groups (broad SMARTS) is 1. The number of pyridine rings is 1. The Bertz CT molecular complexity index is 1170. The van der Waals surface area contributed by atoms with E-state index in [9.17, 15) is 18.0 Å². The molecule has 0 bridgehead atoms. The average molecular weight is 532 g/mol. The molecular weight excluding hydrogens is 511 g/mol. The van der Waals surface area contributed by atoms with E-state index in [0.29, 0.717) is 51.5 Å². The molecule has 0 radical (unpaired) electrons. The highest BCUT2D eigenvalue weighted by molar-refractivity contribution is 7.98. The number of hydrogen-bond acceptors (Lipinski definition) is 7. The van der Waals surface area contributed by atoms with Gasteiger partial charge in [-0.15, -0.1) is 11.8 Å². The van der Waals surface area contributed by atoms with Crippen molar-refractivity contribution < 1.29 is 32.6 Å². The molecule has 188 valence electrons. The van der Waals surface area contributed by atoms with Crippen LogP contribution in [0, 0.1) is 0 Å². The zero-order valence-corrected chi connectivity index (χ0v) is 20.0. The van der Waals surface area contributed by atoms with E-state index in [1.54, 1.807) is 48.4 Å². The van der Waals surface area contributed by atoms with Crippen LogP contribution in [-0.2, 0) is 11.8 Å². The number of nitrogens with one attached hydrogen (secondary N) is 1. The number of aliphatic carboxylic acids is 1. The number of rotatable bonds is 7. The molecule has 2 heterocycles. The lowest BCUT2D eigenvalue weighted by Crippen LogP contribution is -2.21. The lowest BCUT2D eigenvalue weighted by atomic mass is 10.1. The van der Waals surface area contributed by atoms with E-state index in [-0.39, 0.29) is 5.91 Å². The van der Waals surface area contributed by atoms with Crippen LogP contribution in [0.25, 0.3) is 11.3 Å². The second-order valence-corrected chi connectivity index (χ2v) is 7.83. The molecule has 0 saturated heterocycles. The number of carbonyl (C=O) groups is 2. The van der Waals surface area contributed by atoms with Crippen molar-refractivity contribution in [1.82, 2.24) is 14.8 Å². The second-order valence-electron chi connectivity index (χ2n) is 6.63. The third-order valence-electron chi connectivity index (χ3n) is 4.21. The molecule has 0 spiro atoms. The van der Waals surface area contributed by atoms with E-state index in [2.05, 4.69) is 15.4 Å². The number of alkyl halides is 3. The molecule has 0 saturated carbocycles. The van der Waals surface area contributed by atoms with E-state index in [1.165, 1.54) is 11.8 Å². The molecule has 14 heteroatoms. The summed E-state index contributed by atoms with van der Waals surface area (Å²) in [7, 11) is 1.79. The molecule has 0 fully saturated rings. The molecule has 4 N–H and O–H groups in total. The molecule has 1 amide bonds. The highest BCUT2D eigenvalue weighted by Crippen LogP contribution is 2.36. The number of halogens is 4. The predicted octanol–water partition coefficient (Wildman–Crippen LogP) is 4.08. The standard InChI is InChI=1S/C19H20ClN5O2S.C2HF3O2/c1-25-17(15(20)11-23-25)14-10-12(5-6-16(14)27-9-7-21)24-18(26)13-4-3-8-22-19(13)28-2;3-2(4,5)1(6)7/h3-6,8,10-11H,7,9,21H2,1-2H3,(H,24,26);(H,6,7). The van der Waals surface area contributed by atoms with E-state index in [1.807, 2.05) is 12.3 Å². The van der Waals surface area contributed by atoms with Gasteiger partial charge in [0, 0.05) is 31.0 Å². The van der Waals surface area contributed by atoms with Crippen LogP contribution in [0.2, 0.25) is 5.02 Å². The van der Waals surface area contributed by atoms with Crippen LogP contribution in [0.5, 0.6) is 5.75 Å². The minimum atomic E-state index is -5.08. The van der Waals surface area contributed by atoms with Crippen molar-refractivity contribution in [2.45, 2.75) is 11.2 Å². The number of thioether (sulfide) groups is 1. The highest BCUT2D eigenvalue weighted by Gasteiger charge is 2.38. The first-order chi connectivity index (χ1) is 16.5. The third kappa shape index (κ3) is 7.60. The topological polar surface area (TPSA) is 132 Å². The van der Waals surface area contributed by atoms with Gasteiger partial charge in [-0.1, -0.05) is 11.6 Å². The third-order valence-corrected chi connectivity index (χ3v) is 5.20. The van der Waals surface area contributed by atoms with Gasteiger partial charge in [-0.05, 0) is 36.6 Å². The van der Waals surface area contributed by atoms with Crippen molar-refractivity contribution >= 4 is 40.9 Å². The fourth-order valence-electron chi connectivity index (χ4n) is 2.73. The molecule has 35 heavy (non-hydrogen) atoms. The zero-order valence-electron chi connectivity index (χ0n) is 18.5. The van der Waals surface area contributed by atoms with E-state index < -0.39 is 12.1 Å². The van der Waals surface area contributed by atoms with Gasteiger partial charge < -0.3 is 20.9 Å². The number of benzene rings is 1. The number of nitrogens with two attached hydrogens (primary N) is 1. The van der Waals surface area contributed by atoms with Crippen LogP contribution in [0.15, 0.2) is 47.8 Å². The van der Waals surface area contributed by atoms with Crippen LogP contribution in [-0.4, -0.2) is 57.3 Å². The Morgan fingerprint density at radius 3 is 2.54 bits per heavy atom. The first-order valence-electron chi connectivity index (χ1n) is 9.74. The molecule has 0 unspecified atom stereocenters. The normalized spacial score (nSPS) is 10.8. The molecule has 2 aromatic heterocycles. The summed E-state index contributed by atoms with van der Waals surface area (Å²) in [4.78, 5) is 25.9. The minimum Gasteiger partial charge on any atom is -0.492 e. The summed E-state index contributed by atoms with van der Waals surface area (Å²) >= 11 is 7.74. The average Bonchev–Trinajstić information content (AvgIpc) is 3.15. The van der Waals surface area contributed by atoms with Crippen molar-refractivity contribution in [2.75, 3.05) is 24.7 Å². The van der Waals surface area contributed by atoms with Crippen molar-refractivity contribution in [3.8, 4) is 17.0 Å². The summed E-state index contributed by atoms with van der Waals surface area (Å²) < 4.78 is 39.1. The molecule has 0 atom stereocenters. The summed E-state index contributed by atoms with van der Waals surface area (Å²) in [6.07, 6.45) is 0.0230. The van der Waals surface area contributed by atoms with Crippen LogP contribution in [0.1, 0.15) is 10.4 Å². The summed E-state index contributed by atoms with van der Waals surface area (Å²) in [5, 5.41) is 15.4. The molecule has 0 aliphatic carbocycles. The highest BCUT2D eigenvalue weighted by atomic mass is 35.5. The van der Waals surface area contributed by atoms with Gasteiger partial charge in [0.05, 0.1) is 22.5 Å². The van der Waals surface area contributed by atoms with Crippen molar-refractivity contribution in [3.63, 3.8) is 0 Å². The number of anilines is 1. The smallest absolute Gasteiger partial charge is 0.490 e. The number of carbonyl (C=O) groups excluding carboxylic acids is 1. The number of nitrogens with zero attached hydrogens (tertiary/aromatic N) is 3. The van der Waals surface area contributed by atoms with Gasteiger partial charge in [0.1, 0.15) is 17.4 Å². The zero-order chi connectivity index (χ0) is 26.2. The number of amides is 1. The molecule has 9 nitrogen and oxygen atoms in total. The van der Waals surface area contributed by atoms with Crippen LogP contribution >= 0.6 is 23.4 Å². The first-order valence-corrected chi connectivity index (χ1v) is 11.3. The Morgan fingerprint density at radius 2 is 2.00 bits per heavy atom. The fraction of sp³-hybridized carbons (Fsp3) is 0.238. The number of carboxylic acids is 1. The number of aromatic nitrogens is 3. The maximum absolute atomic E-state index is 12.7. The van der Waals surface area contributed by atoms with E-state index >= 15 is 0 Å². The molecule has 3 aromatic rings. The van der Waals surface area contributed by atoms with Crippen molar-refractivity contribution in [3.05, 3.63) is 53.3 Å². The van der Waals surface area contributed by atoms with Gasteiger partial charge in [0.2, 0.25) is 0 Å².